The monoisotopic (exact) mass is 294 g/mol. The Kier molecular flexibility index (Phi) is 3.41. The van der Waals surface area contributed by atoms with Crippen molar-refractivity contribution < 1.29 is 0 Å². The van der Waals surface area contributed by atoms with Gasteiger partial charge in [0.2, 0.25) is 0 Å². The molecule has 0 aliphatic carbocycles. The lowest BCUT2D eigenvalue weighted by Gasteiger charge is -2.05. The summed E-state index contributed by atoms with van der Waals surface area (Å²) in [6.07, 6.45) is 0. The van der Waals surface area contributed by atoms with Gasteiger partial charge in [-0.05, 0) is 58.4 Å². The smallest absolute Gasteiger partial charge is 0.0335 e. The average Bonchev–Trinajstić information content (AvgIpc) is 2.25. The van der Waals surface area contributed by atoms with Crippen molar-refractivity contribution in [2.45, 2.75) is 9.79 Å². The maximum absolute atomic E-state index is 5.68. The SMILES string of the molecule is Nc1ccc(Sc2ccc(N)cc2Br)cc1. The van der Waals surface area contributed by atoms with E-state index in [0.29, 0.717) is 0 Å². The Hall–Kier alpha value is -1.13. The first kappa shape index (κ1) is 11.4. The van der Waals surface area contributed by atoms with Gasteiger partial charge in [0.15, 0.2) is 0 Å². The predicted molar refractivity (Wildman–Crippen MR) is 73.5 cm³/mol. The molecule has 0 amide bonds. The quantitative estimate of drug-likeness (QED) is 0.829. The largest absolute Gasteiger partial charge is 0.399 e. The number of rotatable bonds is 2. The van der Waals surface area contributed by atoms with Crippen LogP contribution in [0.4, 0.5) is 11.4 Å². The van der Waals surface area contributed by atoms with Crippen LogP contribution < -0.4 is 11.5 Å². The molecule has 0 heterocycles. The average molecular weight is 295 g/mol. The molecule has 82 valence electrons. The molecule has 0 aliphatic rings. The summed E-state index contributed by atoms with van der Waals surface area (Å²) in [5.41, 5.74) is 12.9. The maximum atomic E-state index is 5.68. The van der Waals surface area contributed by atoms with E-state index in [-0.39, 0.29) is 0 Å². The lowest BCUT2D eigenvalue weighted by Crippen LogP contribution is -1.85. The second-order valence-electron chi connectivity index (χ2n) is 3.36. The summed E-state index contributed by atoms with van der Waals surface area (Å²) in [6, 6.07) is 13.6. The lowest BCUT2D eigenvalue weighted by atomic mass is 10.3. The molecule has 0 saturated heterocycles. The first-order valence-electron chi connectivity index (χ1n) is 4.73. The van der Waals surface area contributed by atoms with Gasteiger partial charge >= 0.3 is 0 Å². The van der Waals surface area contributed by atoms with E-state index in [4.69, 9.17) is 11.5 Å². The molecule has 0 unspecified atom stereocenters. The normalized spacial score (nSPS) is 10.3. The Morgan fingerprint density at radius 1 is 0.875 bits per heavy atom. The number of halogens is 1. The molecule has 0 aromatic heterocycles. The minimum Gasteiger partial charge on any atom is -0.399 e. The summed E-state index contributed by atoms with van der Waals surface area (Å²) in [6.45, 7) is 0. The fraction of sp³-hybridized carbons (Fsp3) is 0. The first-order valence-corrected chi connectivity index (χ1v) is 6.34. The summed E-state index contributed by atoms with van der Waals surface area (Å²) >= 11 is 5.17. The van der Waals surface area contributed by atoms with Crippen LogP contribution in [-0.2, 0) is 0 Å². The van der Waals surface area contributed by atoms with Gasteiger partial charge in [-0.15, -0.1) is 0 Å². The van der Waals surface area contributed by atoms with Crippen molar-refractivity contribution in [1.82, 2.24) is 0 Å². The highest BCUT2D eigenvalue weighted by molar-refractivity contribution is 9.10. The van der Waals surface area contributed by atoms with Crippen LogP contribution in [0.1, 0.15) is 0 Å². The van der Waals surface area contributed by atoms with E-state index in [2.05, 4.69) is 15.9 Å². The predicted octanol–water partition coefficient (Wildman–Crippen LogP) is 3.76. The molecule has 0 saturated carbocycles. The van der Waals surface area contributed by atoms with Gasteiger partial charge in [0.1, 0.15) is 0 Å². The Bertz CT molecular complexity index is 497. The molecule has 0 spiro atoms. The molecule has 0 atom stereocenters. The number of benzene rings is 2. The van der Waals surface area contributed by atoms with Gasteiger partial charge in [-0.1, -0.05) is 11.8 Å². The minimum absolute atomic E-state index is 0.758. The molecular weight excluding hydrogens is 284 g/mol. The van der Waals surface area contributed by atoms with Crippen molar-refractivity contribution in [3.8, 4) is 0 Å². The molecule has 2 aromatic rings. The molecule has 0 radical (unpaired) electrons. The number of hydrogen-bond acceptors (Lipinski definition) is 3. The molecule has 4 heteroatoms. The van der Waals surface area contributed by atoms with E-state index in [1.807, 2.05) is 42.5 Å². The van der Waals surface area contributed by atoms with Crippen molar-refractivity contribution in [1.29, 1.82) is 0 Å². The standard InChI is InChI=1S/C12H11BrN2S/c13-11-7-9(15)3-6-12(11)16-10-4-1-8(14)2-5-10/h1-7H,14-15H2. The highest BCUT2D eigenvalue weighted by atomic mass is 79.9. The van der Waals surface area contributed by atoms with Gasteiger partial charge in [0.25, 0.3) is 0 Å². The third kappa shape index (κ3) is 2.71. The van der Waals surface area contributed by atoms with Gasteiger partial charge in [-0.25, -0.2) is 0 Å². The zero-order valence-electron chi connectivity index (χ0n) is 8.48. The zero-order valence-corrected chi connectivity index (χ0v) is 10.9. The molecule has 16 heavy (non-hydrogen) atoms. The van der Waals surface area contributed by atoms with E-state index < -0.39 is 0 Å². The van der Waals surface area contributed by atoms with Crippen LogP contribution in [0.2, 0.25) is 0 Å². The van der Waals surface area contributed by atoms with Crippen LogP contribution in [0.15, 0.2) is 56.7 Å². The molecular formula is C12H11BrN2S. The lowest BCUT2D eigenvalue weighted by molar-refractivity contribution is 1.38. The molecule has 2 rings (SSSR count). The van der Waals surface area contributed by atoms with Crippen LogP contribution in [0, 0.1) is 0 Å². The molecule has 0 fully saturated rings. The number of nitrogen functional groups attached to an aromatic ring is 2. The summed E-state index contributed by atoms with van der Waals surface area (Å²) in [4.78, 5) is 2.29. The Labute approximate surface area is 107 Å². The van der Waals surface area contributed by atoms with E-state index in [0.717, 1.165) is 25.6 Å². The van der Waals surface area contributed by atoms with Crippen molar-refractivity contribution in [3.05, 3.63) is 46.9 Å². The van der Waals surface area contributed by atoms with E-state index in [1.165, 1.54) is 0 Å². The summed E-state index contributed by atoms with van der Waals surface area (Å²) in [7, 11) is 0. The number of anilines is 2. The maximum Gasteiger partial charge on any atom is 0.0335 e. The van der Waals surface area contributed by atoms with Crippen molar-refractivity contribution in [2.24, 2.45) is 0 Å². The molecule has 4 N–H and O–H groups in total. The number of hydrogen-bond donors (Lipinski definition) is 2. The van der Waals surface area contributed by atoms with Crippen molar-refractivity contribution >= 4 is 39.1 Å². The van der Waals surface area contributed by atoms with E-state index in [9.17, 15) is 0 Å². The summed E-state index contributed by atoms with van der Waals surface area (Å²) in [5.74, 6) is 0. The Morgan fingerprint density at radius 2 is 1.50 bits per heavy atom. The van der Waals surface area contributed by atoms with Gasteiger partial charge < -0.3 is 11.5 Å². The summed E-state index contributed by atoms with van der Waals surface area (Å²) in [5, 5.41) is 0. The minimum atomic E-state index is 0.758. The second-order valence-corrected chi connectivity index (χ2v) is 5.33. The molecule has 2 nitrogen and oxygen atoms in total. The Morgan fingerprint density at radius 3 is 2.12 bits per heavy atom. The third-order valence-corrected chi connectivity index (χ3v) is 4.07. The summed E-state index contributed by atoms with van der Waals surface area (Å²) < 4.78 is 1.01. The van der Waals surface area contributed by atoms with Crippen LogP contribution in [0.3, 0.4) is 0 Å². The highest BCUT2D eigenvalue weighted by Gasteiger charge is 2.02. The van der Waals surface area contributed by atoms with Crippen LogP contribution in [-0.4, -0.2) is 0 Å². The molecule has 0 bridgehead atoms. The van der Waals surface area contributed by atoms with Crippen LogP contribution in [0.5, 0.6) is 0 Å². The number of nitrogens with two attached hydrogens (primary N) is 2. The van der Waals surface area contributed by atoms with E-state index >= 15 is 0 Å². The van der Waals surface area contributed by atoms with Gasteiger partial charge in [-0.2, -0.15) is 0 Å². The van der Waals surface area contributed by atoms with Crippen LogP contribution >= 0.6 is 27.7 Å². The third-order valence-electron chi connectivity index (χ3n) is 2.06. The van der Waals surface area contributed by atoms with Gasteiger partial charge in [-0.3, -0.25) is 0 Å². The topological polar surface area (TPSA) is 52.0 Å². The Balaban J connectivity index is 2.23. The molecule has 0 aliphatic heterocycles. The van der Waals surface area contributed by atoms with Crippen molar-refractivity contribution in [2.75, 3.05) is 11.5 Å². The zero-order chi connectivity index (χ0) is 11.5. The highest BCUT2D eigenvalue weighted by Crippen LogP contribution is 2.34. The van der Waals surface area contributed by atoms with Crippen LogP contribution in [0.25, 0.3) is 0 Å². The second kappa shape index (κ2) is 4.80. The van der Waals surface area contributed by atoms with Crippen molar-refractivity contribution in [3.63, 3.8) is 0 Å². The molecule has 2 aromatic carbocycles. The van der Waals surface area contributed by atoms with Gasteiger partial charge in [0, 0.05) is 25.6 Å². The van der Waals surface area contributed by atoms with E-state index in [1.54, 1.807) is 11.8 Å². The fourth-order valence-electron chi connectivity index (χ4n) is 1.26. The fourth-order valence-corrected chi connectivity index (χ4v) is 2.72. The van der Waals surface area contributed by atoms with Gasteiger partial charge in [0.05, 0.1) is 0 Å². The first-order chi connectivity index (χ1) is 7.65.